The highest BCUT2D eigenvalue weighted by molar-refractivity contribution is 5.70. The molecular weight excluding hydrogens is 234 g/mol. The molecule has 0 aromatic heterocycles. The summed E-state index contributed by atoms with van der Waals surface area (Å²) < 4.78 is 9.98. The third-order valence-electron chi connectivity index (χ3n) is 2.85. The maximum Gasteiger partial charge on any atom is 0.410 e. The normalized spacial score (nSPS) is 20.4. The van der Waals surface area contributed by atoms with E-state index in [0.717, 1.165) is 12.8 Å². The summed E-state index contributed by atoms with van der Waals surface area (Å²) >= 11 is 0. The number of rotatable bonds is 2. The van der Waals surface area contributed by atoms with E-state index in [2.05, 4.69) is 4.74 Å². The number of carbonyl (C=O) groups is 2. The molecule has 1 fully saturated rings. The van der Waals surface area contributed by atoms with Gasteiger partial charge in [0, 0.05) is 13.1 Å². The van der Waals surface area contributed by atoms with E-state index in [-0.39, 0.29) is 18.0 Å². The van der Waals surface area contributed by atoms with Crippen LogP contribution in [0.4, 0.5) is 4.79 Å². The molecule has 1 rings (SSSR count). The highest BCUT2D eigenvalue weighted by Crippen LogP contribution is 2.21. The molecule has 5 nitrogen and oxygen atoms in total. The van der Waals surface area contributed by atoms with Gasteiger partial charge < -0.3 is 14.4 Å². The second-order valence-electron chi connectivity index (χ2n) is 5.71. The number of likely N-dealkylation sites (tertiary alicyclic amines) is 1. The molecule has 1 amide bonds. The quantitative estimate of drug-likeness (QED) is 0.712. The van der Waals surface area contributed by atoms with Crippen molar-refractivity contribution in [3.63, 3.8) is 0 Å². The fourth-order valence-electron chi connectivity index (χ4n) is 2.04. The zero-order valence-electron chi connectivity index (χ0n) is 11.7. The molecular formula is C13H23NO4. The minimum atomic E-state index is -0.480. The number of carbonyl (C=O) groups excluding carboxylic acids is 2. The molecule has 0 saturated carbocycles. The molecule has 1 aliphatic rings. The third-order valence-corrected chi connectivity index (χ3v) is 2.85. The van der Waals surface area contributed by atoms with E-state index in [0.29, 0.717) is 19.5 Å². The minimum absolute atomic E-state index is 0.179. The lowest BCUT2D eigenvalue weighted by Gasteiger charge is -2.33. The summed E-state index contributed by atoms with van der Waals surface area (Å²) in [4.78, 5) is 24.8. The van der Waals surface area contributed by atoms with Crippen LogP contribution in [-0.2, 0) is 14.3 Å². The van der Waals surface area contributed by atoms with Crippen molar-refractivity contribution in [1.82, 2.24) is 4.90 Å². The Bertz CT molecular complexity index is 309. The number of nitrogens with zero attached hydrogens (tertiary/aromatic N) is 1. The van der Waals surface area contributed by atoms with Crippen molar-refractivity contribution in [2.24, 2.45) is 5.92 Å². The molecule has 1 heterocycles. The molecule has 0 radical (unpaired) electrons. The van der Waals surface area contributed by atoms with Crippen LogP contribution in [0.25, 0.3) is 0 Å². The van der Waals surface area contributed by atoms with Gasteiger partial charge in [0.25, 0.3) is 0 Å². The van der Waals surface area contributed by atoms with Gasteiger partial charge in [0.15, 0.2) is 0 Å². The van der Waals surface area contributed by atoms with Crippen molar-refractivity contribution in [3.05, 3.63) is 0 Å². The summed E-state index contributed by atoms with van der Waals surface area (Å²) in [5.41, 5.74) is -0.480. The van der Waals surface area contributed by atoms with Gasteiger partial charge in [-0.15, -0.1) is 0 Å². The Morgan fingerprint density at radius 2 is 2.00 bits per heavy atom. The molecule has 0 bridgehead atoms. The van der Waals surface area contributed by atoms with Crippen molar-refractivity contribution < 1.29 is 19.1 Å². The van der Waals surface area contributed by atoms with Gasteiger partial charge in [0.1, 0.15) is 5.60 Å². The average molecular weight is 257 g/mol. The maximum absolute atomic E-state index is 11.9. The first-order valence-electron chi connectivity index (χ1n) is 6.36. The molecule has 18 heavy (non-hydrogen) atoms. The summed E-state index contributed by atoms with van der Waals surface area (Å²) in [7, 11) is 1.39. The average Bonchev–Trinajstić information content (AvgIpc) is 2.27. The van der Waals surface area contributed by atoms with Crippen LogP contribution in [0.2, 0.25) is 0 Å². The Hall–Kier alpha value is -1.26. The first kappa shape index (κ1) is 14.8. The Balaban J connectivity index is 2.48. The van der Waals surface area contributed by atoms with Crippen molar-refractivity contribution in [1.29, 1.82) is 0 Å². The molecule has 0 aliphatic carbocycles. The Kier molecular flexibility index (Phi) is 4.99. The lowest BCUT2D eigenvalue weighted by Crippen LogP contribution is -2.43. The lowest BCUT2D eigenvalue weighted by molar-refractivity contribution is -0.142. The lowest BCUT2D eigenvalue weighted by atomic mass is 9.95. The summed E-state index contributed by atoms with van der Waals surface area (Å²) in [6.45, 7) is 6.82. The summed E-state index contributed by atoms with van der Waals surface area (Å²) in [6, 6.07) is 0. The Morgan fingerprint density at radius 1 is 1.33 bits per heavy atom. The standard InChI is InChI=1S/C13H23NO4/c1-13(2,3)18-12(16)14-7-5-6-10(9-14)8-11(15)17-4/h10H,5-9H2,1-4H3/t10-/m0/s1. The van der Waals surface area contributed by atoms with Crippen LogP contribution < -0.4 is 0 Å². The first-order valence-corrected chi connectivity index (χ1v) is 6.36. The fourth-order valence-corrected chi connectivity index (χ4v) is 2.04. The summed E-state index contributed by atoms with van der Waals surface area (Å²) in [5, 5.41) is 0. The van der Waals surface area contributed by atoms with Crippen LogP contribution in [-0.4, -0.2) is 42.8 Å². The van der Waals surface area contributed by atoms with E-state index < -0.39 is 5.60 Å². The van der Waals surface area contributed by atoms with E-state index in [4.69, 9.17) is 4.74 Å². The van der Waals surface area contributed by atoms with Crippen molar-refractivity contribution in [3.8, 4) is 0 Å². The number of ether oxygens (including phenoxy) is 2. The second-order valence-corrected chi connectivity index (χ2v) is 5.71. The van der Waals surface area contributed by atoms with Gasteiger partial charge in [-0.25, -0.2) is 4.79 Å². The number of methoxy groups -OCH3 is 1. The van der Waals surface area contributed by atoms with Crippen molar-refractivity contribution in [2.75, 3.05) is 20.2 Å². The predicted molar refractivity (Wildman–Crippen MR) is 67.2 cm³/mol. The Morgan fingerprint density at radius 3 is 2.56 bits per heavy atom. The van der Waals surface area contributed by atoms with Crippen LogP contribution >= 0.6 is 0 Å². The van der Waals surface area contributed by atoms with Gasteiger partial charge in [-0.2, -0.15) is 0 Å². The number of hydrogen-bond donors (Lipinski definition) is 0. The molecule has 0 aromatic rings. The molecule has 0 spiro atoms. The van der Waals surface area contributed by atoms with Crippen molar-refractivity contribution >= 4 is 12.1 Å². The van der Waals surface area contributed by atoms with E-state index >= 15 is 0 Å². The molecule has 0 N–H and O–H groups in total. The molecule has 5 heteroatoms. The molecule has 104 valence electrons. The van der Waals surface area contributed by atoms with Gasteiger partial charge in [-0.05, 0) is 39.5 Å². The molecule has 1 atom stereocenters. The highest BCUT2D eigenvalue weighted by atomic mass is 16.6. The summed E-state index contributed by atoms with van der Waals surface area (Å²) in [5.74, 6) is -0.0373. The summed E-state index contributed by atoms with van der Waals surface area (Å²) in [6.07, 6.45) is 1.93. The fraction of sp³-hybridized carbons (Fsp3) is 0.846. The highest BCUT2D eigenvalue weighted by Gasteiger charge is 2.28. The topological polar surface area (TPSA) is 55.8 Å². The predicted octanol–water partition coefficient (Wildman–Crippen LogP) is 2.20. The van der Waals surface area contributed by atoms with Crippen LogP contribution in [0, 0.1) is 5.92 Å². The largest absolute Gasteiger partial charge is 0.469 e. The Labute approximate surface area is 108 Å². The first-order chi connectivity index (χ1) is 8.31. The smallest absolute Gasteiger partial charge is 0.410 e. The SMILES string of the molecule is COC(=O)C[C@@H]1CCCN(C(=O)OC(C)(C)C)C1. The monoisotopic (exact) mass is 257 g/mol. The number of hydrogen-bond acceptors (Lipinski definition) is 4. The van der Waals surface area contributed by atoms with Crippen molar-refractivity contribution in [2.45, 2.75) is 45.6 Å². The minimum Gasteiger partial charge on any atom is -0.469 e. The van der Waals surface area contributed by atoms with E-state index in [9.17, 15) is 9.59 Å². The maximum atomic E-state index is 11.9. The van der Waals surface area contributed by atoms with Crippen LogP contribution in [0.5, 0.6) is 0 Å². The zero-order chi connectivity index (χ0) is 13.8. The zero-order valence-corrected chi connectivity index (χ0v) is 11.7. The van der Waals surface area contributed by atoms with E-state index in [1.54, 1.807) is 4.90 Å². The third kappa shape index (κ3) is 4.94. The molecule has 0 unspecified atom stereocenters. The van der Waals surface area contributed by atoms with E-state index in [1.165, 1.54) is 7.11 Å². The molecule has 1 aliphatic heterocycles. The second kappa shape index (κ2) is 6.07. The number of esters is 1. The van der Waals surface area contributed by atoms with Crippen LogP contribution in [0.15, 0.2) is 0 Å². The van der Waals surface area contributed by atoms with Gasteiger partial charge in [-0.3, -0.25) is 4.79 Å². The number of amides is 1. The molecule has 1 saturated heterocycles. The number of piperidine rings is 1. The van der Waals surface area contributed by atoms with Gasteiger partial charge in [-0.1, -0.05) is 0 Å². The van der Waals surface area contributed by atoms with Crippen LogP contribution in [0.3, 0.4) is 0 Å². The van der Waals surface area contributed by atoms with Crippen LogP contribution in [0.1, 0.15) is 40.0 Å². The van der Waals surface area contributed by atoms with Gasteiger partial charge in [0.2, 0.25) is 0 Å². The molecule has 0 aromatic carbocycles. The van der Waals surface area contributed by atoms with Gasteiger partial charge in [0.05, 0.1) is 13.5 Å². The van der Waals surface area contributed by atoms with Gasteiger partial charge >= 0.3 is 12.1 Å². The van der Waals surface area contributed by atoms with E-state index in [1.807, 2.05) is 20.8 Å².